The van der Waals surface area contributed by atoms with Gasteiger partial charge in [-0.15, -0.1) is 0 Å². The van der Waals surface area contributed by atoms with Crippen molar-refractivity contribution in [2.45, 2.75) is 6.92 Å². The lowest BCUT2D eigenvalue weighted by atomic mass is 10.1. The van der Waals surface area contributed by atoms with Crippen LogP contribution >= 0.6 is 0 Å². The van der Waals surface area contributed by atoms with Gasteiger partial charge >= 0.3 is 5.97 Å². The molecule has 1 aromatic rings. The van der Waals surface area contributed by atoms with Crippen LogP contribution in [0.3, 0.4) is 0 Å². The summed E-state index contributed by atoms with van der Waals surface area (Å²) < 4.78 is 4.67. The van der Waals surface area contributed by atoms with Crippen molar-refractivity contribution >= 4 is 17.7 Å². The van der Waals surface area contributed by atoms with E-state index in [1.165, 1.54) is 18.2 Å². The number of nitro groups is 1. The van der Waals surface area contributed by atoms with Gasteiger partial charge in [0.15, 0.2) is 0 Å². The molecule has 0 heterocycles. The van der Waals surface area contributed by atoms with Crippen LogP contribution in [-0.2, 0) is 9.53 Å². The van der Waals surface area contributed by atoms with E-state index < -0.39 is 10.9 Å². The molecule has 6 nitrogen and oxygen atoms in total. The zero-order valence-electron chi connectivity index (χ0n) is 9.62. The molecule has 0 spiro atoms. The highest BCUT2D eigenvalue weighted by Gasteiger charge is 2.15. The first-order valence-corrected chi connectivity index (χ1v) is 5.12. The SMILES string of the molecule is CCOC(=O)/C(C#N)=C\c1ccccc1[N+](=O)[O-]. The van der Waals surface area contributed by atoms with E-state index in [1.807, 2.05) is 0 Å². The van der Waals surface area contributed by atoms with E-state index in [2.05, 4.69) is 4.74 Å². The number of hydrogen-bond donors (Lipinski definition) is 0. The Kier molecular flexibility index (Phi) is 4.58. The van der Waals surface area contributed by atoms with E-state index in [4.69, 9.17) is 5.26 Å². The Morgan fingerprint density at radius 3 is 2.78 bits per heavy atom. The molecule has 0 amide bonds. The van der Waals surface area contributed by atoms with E-state index in [9.17, 15) is 14.9 Å². The molecular weight excluding hydrogens is 236 g/mol. The van der Waals surface area contributed by atoms with Crippen LogP contribution in [0, 0.1) is 21.4 Å². The smallest absolute Gasteiger partial charge is 0.348 e. The summed E-state index contributed by atoms with van der Waals surface area (Å²) >= 11 is 0. The lowest BCUT2D eigenvalue weighted by molar-refractivity contribution is -0.385. The summed E-state index contributed by atoms with van der Waals surface area (Å²) in [7, 11) is 0. The second-order valence-electron chi connectivity index (χ2n) is 3.21. The van der Waals surface area contributed by atoms with E-state index in [1.54, 1.807) is 19.1 Å². The van der Waals surface area contributed by atoms with Gasteiger partial charge in [0.2, 0.25) is 0 Å². The second kappa shape index (κ2) is 6.15. The molecular formula is C12H10N2O4. The van der Waals surface area contributed by atoms with Crippen LogP contribution in [-0.4, -0.2) is 17.5 Å². The maximum absolute atomic E-state index is 11.4. The lowest BCUT2D eigenvalue weighted by Gasteiger charge is -2.00. The lowest BCUT2D eigenvalue weighted by Crippen LogP contribution is -2.06. The van der Waals surface area contributed by atoms with Crippen LogP contribution in [0.25, 0.3) is 6.08 Å². The van der Waals surface area contributed by atoms with E-state index in [0.29, 0.717) is 0 Å². The van der Waals surface area contributed by atoms with Crippen LogP contribution in [0.2, 0.25) is 0 Å². The predicted molar refractivity (Wildman–Crippen MR) is 63.3 cm³/mol. The first kappa shape index (κ1) is 13.4. The fourth-order valence-corrected chi connectivity index (χ4v) is 1.28. The summed E-state index contributed by atoms with van der Waals surface area (Å²) in [6, 6.07) is 7.50. The summed E-state index contributed by atoms with van der Waals surface area (Å²) in [6.07, 6.45) is 1.15. The number of para-hydroxylation sites is 1. The standard InChI is InChI=1S/C12H10N2O4/c1-2-18-12(15)10(8-13)7-9-5-3-4-6-11(9)14(16)17/h3-7H,2H2,1H3/b10-7-. The summed E-state index contributed by atoms with van der Waals surface area (Å²) in [5, 5.41) is 19.6. The van der Waals surface area contributed by atoms with Crippen molar-refractivity contribution in [1.29, 1.82) is 5.26 Å². The number of ether oxygens (including phenoxy) is 1. The van der Waals surface area contributed by atoms with Crippen molar-refractivity contribution in [3.8, 4) is 6.07 Å². The fraction of sp³-hybridized carbons (Fsp3) is 0.167. The highest BCUT2D eigenvalue weighted by Crippen LogP contribution is 2.20. The molecule has 1 rings (SSSR count). The van der Waals surface area contributed by atoms with Gasteiger partial charge in [-0.3, -0.25) is 10.1 Å². The van der Waals surface area contributed by atoms with Crippen molar-refractivity contribution in [2.24, 2.45) is 0 Å². The molecule has 1 aromatic carbocycles. The molecule has 0 aliphatic heterocycles. The fourth-order valence-electron chi connectivity index (χ4n) is 1.28. The van der Waals surface area contributed by atoms with Crippen LogP contribution in [0.1, 0.15) is 12.5 Å². The number of rotatable bonds is 4. The number of nitriles is 1. The molecule has 0 atom stereocenters. The third kappa shape index (κ3) is 3.15. The van der Waals surface area contributed by atoms with Crippen LogP contribution in [0.5, 0.6) is 0 Å². The van der Waals surface area contributed by atoms with Gasteiger partial charge in [-0.1, -0.05) is 12.1 Å². The average molecular weight is 246 g/mol. The molecule has 6 heteroatoms. The van der Waals surface area contributed by atoms with E-state index in [0.717, 1.165) is 6.08 Å². The van der Waals surface area contributed by atoms with Gasteiger partial charge < -0.3 is 4.74 Å². The topological polar surface area (TPSA) is 93.2 Å². The van der Waals surface area contributed by atoms with Gasteiger partial charge in [0, 0.05) is 6.07 Å². The minimum Gasteiger partial charge on any atom is -0.462 e. The van der Waals surface area contributed by atoms with Gasteiger partial charge in [0.05, 0.1) is 17.1 Å². The maximum atomic E-state index is 11.4. The molecule has 0 aliphatic rings. The quantitative estimate of drug-likeness (QED) is 0.266. The number of benzene rings is 1. The number of esters is 1. The van der Waals surface area contributed by atoms with E-state index in [-0.39, 0.29) is 23.4 Å². The highest BCUT2D eigenvalue weighted by atomic mass is 16.6. The zero-order valence-corrected chi connectivity index (χ0v) is 9.62. The Labute approximate surface area is 103 Å². The summed E-state index contributed by atoms with van der Waals surface area (Å²) in [5.74, 6) is -0.793. The highest BCUT2D eigenvalue weighted by molar-refractivity contribution is 5.98. The van der Waals surface area contributed by atoms with E-state index >= 15 is 0 Å². The Balaban J connectivity index is 3.18. The summed E-state index contributed by atoms with van der Waals surface area (Å²) in [5.41, 5.74) is -0.257. The molecule has 0 saturated carbocycles. The molecule has 0 saturated heterocycles. The maximum Gasteiger partial charge on any atom is 0.348 e. The van der Waals surface area contributed by atoms with Crippen LogP contribution in [0.15, 0.2) is 29.8 Å². The van der Waals surface area contributed by atoms with Crippen molar-refractivity contribution in [1.82, 2.24) is 0 Å². The van der Waals surface area contributed by atoms with Gasteiger partial charge in [0.25, 0.3) is 5.69 Å². The zero-order chi connectivity index (χ0) is 13.5. The van der Waals surface area contributed by atoms with Crippen LogP contribution < -0.4 is 0 Å². The number of carbonyl (C=O) groups excluding carboxylic acids is 1. The molecule has 0 aromatic heterocycles. The Hall–Kier alpha value is -2.68. The molecule has 0 unspecified atom stereocenters. The van der Waals surface area contributed by atoms with Crippen molar-refractivity contribution in [2.75, 3.05) is 6.61 Å². The Morgan fingerprint density at radius 2 is 2.22 bits per heavy atom. The van der Waals surface area contributed by atoms with Crippen molar-refractivity contribution in [3.63, 3.8) is 0 Å². The first-order chi connectivity index (χ1) is 8.60. The number of nitro benzene ring substituents is 1. The predicted octanol–water partition coefficient (Wildman–Crippen LogP) is 2.06. The molecule has 0 N–H and O–H groups in total. The van der Waals surface area contributed by atoms with Crippen LogP contribution in [0.4, 0.5) is 5.69 Å². The molecule has 0 radical (unpaired) electrons. The minimum atomic E-state index is -0.793. The van der Waals surface area contributed by atoms with Gasteiger partial charge in [-0.25, -0.2) is 4.79 Å². The number of carbonyl (C=O) groups is 1. The average Bonchev–Trinajstić information content (AvgIpc) is 2.36. The third-order valence-electron chi connectivity index (χ3n) is 2.05. The Morgan fingerprint density at radius 1 is 1.56 bits per heavy atom. The monoisotopic (exact) mass is 246 g/mol. The largest absolute Gasteiger partial charge is 0.462 e. The first-order valence-electron chi connectivity index (χ1n) is 5.12. The van der Waals surface area contributed by atoms with Gasteiger partial charge in [-0.05, 0) is 19.1 Å². The molecule has 0 bridgehead atoms. The molecule has 0 fully saturated rings. The number of nitrogens with zero attached hydrogens (tertiary/aromatic N) is 2. The number of hydrogen-bond acceptors (Lipinski definition) is 5. The summed E-state index contributed by atoms with van der Waals surface area (Å²) in [4.78, 5) is 21.6. The molecule has 18 heavy (non-hydrogen) atoms. The molecule has 92 valence electrons. The van der Waals surface area contributed by atoms with Crippen molar-refractivity contribution in [3.05, 3.63) is 45.5 Å². The third-order valence-corrected chi connectivity index (χ3v) is 2.05. The minimum absolute atomic E-state index is 0.134. The Bertz CT molecular complexity index is 543. The normalized spacial score (nSPS) is 10.6. The van der Waals surface area contributed by atoms with Gasteiger partial charge in [0.1, 0.15) is 11.6 Å². The molecule has 0 aliphatic carbocycles. The second-order valence-corrected chi connectivity index (χ2v) is 3.21. The van der Waals surface area contributed by atoms with Gasteiger partial charge in [-0.2, -0.15) is 5.26 Å². The summed E-state index contributed by atoms with van der Waals surface area (Å²) in [6.45, 7) is 1.74. The van der Waals surface area contributed by atoms with Crippen molar-refractivity contribution < 1.29 is 14.5 Å².